The molecule has 12 heavy (non-hydrogen) atoms. The Morgan fingerprint density at radius 1 is 1.50 bits per heavy atom. The topological polar surface area (TPSA) is 26.3 Å². The zero-order valence-electron chi connectivity index (χ0n) is 7.40. The van der Waals surface area contributed by atoms with E-state index in [-0.39, 0.29) is 19.4 Å². The maximum atomic E-state index is 12.6. The van der Waals surface area contributed by atoms with Crippen LogP contribution in [0, 0.1) is 0 Å². The molecule has 0 aromatic carbocycles. The zero-order valence-corrected chi connectivity index (χ0v) is 8.40. The van der Waals surface area contributed by atoms with Gasteiger partial charge in [0, 0.05) is 6.42 Å². The van der Waals surface area contributed by atoms with Crippen molar-refractivity contribution < 1.29 is 18.1 Å². The fourth-order valence-corrected chi connectivity index (χ4v) is 1.50. The van der Waals surface area contributed by atoms with Crippen molar-refractivity contribution in [2.24, 2.45) is 0 Å². The molecule has 0 rings (SSSR count). The molecule has 0 saturated carbocycles. The van der Waals surface area contributed by atoms with Crippen molar-refractivity contribution in [2.75, 3.05) is 19.4 Å². The second kappa shape index (κ2) is 5.65. The maximum Gasteiger partial charge on any atom is 0.355 e. The molecule has 0 radical (unpaired) electrons. The summed E-state index contributed by atoms with van der Waals surface area (Å²) in [6.07, 6.45) is -2.72. The predicted molar refractivity (Wildman–Crippen MR) is 45.6 cm³/mol. The Labute approximate surface area is 72.1 Å². The maximum absolute atomic E-state index is 12.6. The van der Waals surface area contributed by atoms with Gasteiger partial charge >= 0.3 is 6.11 Å². The van der Waals surface area contributed by atoms with Crippen LogP contribution in [-0.2, 0) is 9.30 Å². The molecule has 0 heterocycles. The monoisotopic (exact) mass is 200 g/mol. The molecule has 5 heteroatoms. The van der Waals surface area contributed by atoms with Gasteiger partial charge in [0.15, 0.2) is 0 Å². The molecule has 0 N–H and O–H groups in total. The number of hydrogen-bond donors (Lipinski definition) is 0. The van der Waals surface area contributed by atoms with Crippen LogP contribution >= 0.6 is 7.80 Å². The summed E-state index contributed by atoms with van der Waals surface area (Å²) in [7, 11) is -1.61. The van der Waals surface area contributed by atoms with E-state index in [2.05, 4.69) is 4.74 Å². The average Bonchev–Trinajstić information content (AvgIpc) is 1.85. The molecule has 0 aliphatic heterocycles. The molecule has 1 atom stereocenters. The molecule has 0 saturated heterocycles. The molecule has 2 nitrogen and oxygen atoms in total. The summed E-state index contributed by atoms with van der Waals surface area (Å²) >= 11 is 0. The second-order valence-electron chi connectivity index (χ2n) is 2.63. The summed E-state index contributed by atoms with van der Waals surface area (Å²) in [4.78, 5) is 0. The van der Waals surface area contributed by atoms with Crippen LogP contribution in [0.1, 0.15) is 19.8 Å². The first kappa shape index (κ1) is 12.0. The van der Waals surface area contributed by atoms with Crippen molar-refractivity contribution in [1.29, 1.82) is 0 Å². The highest BCUT2D eigenvalue weighted by Crippen LogP contribution is 2.25. The minimum absolute atomic E-state index is 0.00824. The van der Waals surface area contributed by atoms with Crippen molar-refractivity contribution in [1.82, 2.24) is 0 Å². The fourth-order valence-electron chi connectivity index (χ4n) is 0.826. The first-order chi connectivity index (χ1) is 5.48. The Morgan fingerprint density at radius 2 is 2.08 bits per heavy atom. The van der Waals surface area contributed by atoms with E-state index in [4.69, 9.17) is 0 Å². The minimum atomic E-state index is -3.04. The third-order valence-electron chi connectivity index (χ3n) is 1.35. The molecular formula is C7H15F2O2P. The summed E-state index contributed by atoms with van der Waals surface area (Å²) in [5.41, 5.74) is 0. The zero-order chi connectivity index (χ0) is 9.61. The van der Waals surface area contributed by atoms with E-state index in [1.54, 1.807) is 6.66 Å². The van der Waals surface area contributed by atoms with Crippen LogP contribution in [-0.4, -0.2) is 25.5 Å². The van der Waals surface area contributed by atoms with Gasteiger partial charge < -0.3 is 9.30 Å². The molecule has 0 aliphatic rings. The quantitative estimate of drug-likeness (QED) is 0.616. The van der Waals surface area contributed by atoms with Crippen molar-refractivity contribution in [3.63, 3.8) is 0 Å². The molecular weight excluding hydrogens is 185 g/mol. The molecule has 0 amide bonds. The lowest BCUT2D eigenvalue weighted by Crippen LogP contribution is -2.20. The summed E-state index contributed by atoms with van der Waals surface area (Å²) < 4.78 is 39.9. The van der Waals surface area contributed by atoms with E-state index in [1.807, 2.05) is 0 Å². The van der Waals surface area contributed by atoms with Crippen LogP contribution in [0.15, 0.2) is 0 Å². The average molecular weight is 200 g/mol. The van der Waals surface area contributed by atoms with Gasteiger partial charge in [0.25, 0.3) is 0 Å². The van der Waals surface area contributed by atoms with Gasteiger partial charge in [0.1, 0.15) is 0 Å². The van der Waals surface area contributed by atoms with Crippen LogP contribution < -0.4 is 0 Å². The van der Waals surface area contributed by atoms with Gasteiger partial charge in [-0.3, -0.25) is 0 Å². The van der Waals surface area contributed by atoms with Gasteiger partial charge in [-0.2, -0.15) is 8.78 Å². The third-order valence-corrected chi connectivity index (χ3v) is 2.41. The van der Waals surface area contributed by atoms with Gasteiger partial charge in [0.05, 0.1) is 14.4 Å². The van der Waals surface area contributed by atoms with Crippen LogP contribution in [0.4, 0.5) is 8.78 Å². The number of hydrogen-bond acceptors (Lipinski definition) is 2. The van der Waals surface area contributed by atoms with Crippen molar-refractivity contribution in [3.8, 4) is 0 Å². The number of ether oxygens (including phenoxy) is 1. The lowest BCUT2D eigenvalue weighted by atomic mass is 10.3. The highest BCUT2D eigenvalue weighted by Gasteiger charge is 2.28. The SMILES string of the molecule is CCOC(F)(F)CCC[PH](C)=O. The van der Waals surface area contributed by atoms with Gasteiger partial charge in [-0.25, -0.2) is 0 Å². The fraction of sp³-hybridized carbons (Fsp3) is 1.00. The van der Waals surface area contributed by atoms with Crippen LogP contribution in [0.3, 0.4) is 0 Å². The molecule has 0 spiro atoms. The molecule has 0 aromatic heterocycles. The van der Waals surface area contributed by atoms with Gasteiger partial charge in [-0.05, 0) is 26.2 Å². The Bertz CT molecular complexity index is 150. The van der Waals surface area contributed by atoms with E-state index < -0.39 is 13.9 Å². The number of rotatable bonds is 6. The summed E-state index contributed by atoms with van der Waals surface area (Å²) in [5, 5.41) is 0. The van der Waals surface area contributed by atoms with Gasteiger partial charge in [-0.15, -0.1) is 0 Å². The summed E-state index contributed by atoms with van der Waals surface area (Å²) in [5.74, 6) is 0. The number of halogens is 2. The van der Waals surface area contributed by atoms with Gasteiger partial charge in [0.2, 0.25) is 0 Å². The summed E-state index contributed by atoms with van der Waals surface area (Å²) in [6, 6.07) is 0. The standard InChI is InChI=1S/C7H15F2O2P/c1-3-11-7(8,9)5-4-6-12(2)10/h12H,3-6H2,1-2H3. The smallest absolute Gasteiger partial charge is 0.327 e. The Hall–Kier alpha value is 0.0500. The van der Waals surface area contributed by atoms with Crippen molar-refractivity contribution in [2.45, 2.75) is 25.9 Å². The van der Waals surface area contributed by atoms with Crippen LogP contribution in [0.5, 0.6) is 0 Å². The van der Waals surface area contributed by atoms with Crippen molar-refractivity contribution >= 4 is 7.80 Å². The lowest BCUT2D eigenvalue weighted by molar-refractivity contribution is -0.239. The molecule has 0 aliphatic carbocycles. The van der Waals surface area contributed by atoms with E-state index >= 15 is 0 Å². The van der Waals surface area contributed by atoms with E-state index in [9.17, 15) is 13.3 Å². The van der Waals surface area contributed by atoms with E-state index in [0.717, 1.165) is 0 Å². The Morgan fingerprint density at radius 3 is 2.50 bits per heavy atom. The van der Waals surface area contributed by atoms with Crippen LogP contribution in [0.2, 0.25) is 0 Å². The molecule has 0 fully saturated rings. The Kier molecular flexibility index (Phi) is 5.68. The van der Waals surface area contributed by atoms with Gasteiger partial charge in [-0.1, -0.05) is 0 Å². The lowest BCUT2D eigenvalue weighted by Gasteiger charge is -2.14. The minimum Gasteiger partial charge on any atom is -0.327 e. The Balaban J connectivity index is 3.53. The van der Waals surface area contributed by atoms with E-state index in [1.165, 1.54) is 6.92 Å². The van der Waals surface area contributed by atoms with Crippen molar-refractivity contribution in [3.05, 3.63) is 0 Å². The first-order valence-electron chi connectivity index (χ1n) is 3.99. The van der Waals surface area contributed by atoms with E-state index in [0.29, 0.717) is 6.16 Å². The normalized spacial score (nSPS) is 14.7. The predicted octanol–water partition coefficient (Wildman–Crippen LogP) is 2.59. The molecule has 1 unspecified atom stereocenters. The second-order valence-corrected chi connectivity index (χ2v) is 4.53. The molecule has 74 valence electrons. The summed E-state index contributed by atoms with van der Waals surface area (Å²) in [6.45, 7) is 3.11. The first-order valence-corrected chi connectivity index (χ1v) is 6.10. The largest absolute Gasteiger partial charge is 0.355 e. The number of alkyl halides is 2. The molecule has 0 bridgehead atoms. The third kappa shape index (κ3) is 6.74. The highest BCUT2D eigenvalue weighted by atomic mass is 31.1. The van der Waals surface area contributed by atoms with Crippen LogP contribution in [0.25, 0.3) is 0 Å². The highest BCUT2D eigenvalue weighted by molar-refractivity contribution is 7.43. The molecule has 0 aromatic rings.